The van der Waals surface area contributed by atoms with Gasteiger partial charge in [0.1, 0.15) is 11.5 Å². The summed E-state index contributed by atoms with van der Waals surface area (Å²) in [5.74, 6) is 0.239. The number of esters is 2. The van der Waals surface area contributed by atoms with Crippen LogP contribution in [0.1, 0.15) is 81.8 Å². The fourth-order valence-electron chi connectivity index (χ4n) is 11.9. The fraction of sp³-hybridized carbons (Fsp3) is 0.0660. The monoisotopic (exact) mass is 1540 g/mol. The van der Waals surface area contributed by atoms with Crippen LogP contribution in [0.15, 0.2) is 408 Å². The van der Waals surface area contributed by atoms with Gasteiger partial charge < -0.3 is 14.0 Å². The zero-order chi connectivity index (χ0) is 82.8. The lowest BCUT2D eigenvalue weighted by Gasteiger charge is -2.13. The average molecular weight is 1540 g/mol. The number of rotatable bonds is 10. The number of amides is 2. The van der Waals surface area contributed by atoms with Crippen molar-refractivity contribution in [2.75, 3.05) is 6.54 Å². The highest BCUT2D eigenvalue weighted by molar-refractivity contribution is 6.31. The number of carbonyl (C=O) groups excluding carboxylic acids is 4. The van der Waals surface area contributed by atoms with Gasteiger partial charge in [-0.25, -0.2) is 0 Å². The molecule has 10 heteroatoms. The largest absolute Gasteiger partial charge is 0.427 e. The maximum absolute atomic E-state index is 12.4. The summed E-state index contributed by atoms with van der Waals surface area (Å²) in [4.78, 5) is 58.4. The third-order valence-electron chi connectivity index (χ3n) is 17.7. The Hall–Kier alpha value is -14.4. The molecule has 17 rings (SSSR count). The van der Waals surface area contributed by atoms with Gasteiger partial charge in [0.2, 0.25) is 0 Å². The first-order valence-corrected chi connectivity index (χ1v) is 38.3. The van der Waals surface area contributed by atoms with E-state index in [9.17, 15) is 24.0 Å². The molecule has 578 valence electrons. The molecule has 2 amide bonds. The molecule has 15 aromatic carbocycles. The minimum Gasteiger partial charge on any atom is -0.427 e. The molecule has 0 saturated heterocycles. The lowest BCUT2D eigenvalue weighted by atomic mass is 10.0. The predicted octanol–water partition coefficient (Wildman–Crippen LogP) is 27.1. The number of hydrogen-bond donors (Lipinski definition) is 0. The van der Waals surface area contributed by atoms with Gasteiger partial charge in [-0.1, -0.05) is 384 Å². The van der Waals surface area contributed by atoms with Crippen LogP contribution in [-0.2, 0) is 16.1 Å². The first-order valence-electron chi connectivity index (χ1n) is 37.9. The lowest BCUT2D eigenvalue weighted by molar-refractivity contribution is -0.132. The average Bonchev–Trinajstić information content (AvgIpc) is 1.06. The molecule has 0 N–H and O–H groups in total. The van der Waals surface area contributed by atoms with Crippen molar-refractivity contribution in [1.29, 1.82) is 0 Å². The number of halogens is 1. The number of carbonyl (C=O) groups is 4. The standard InChI is InChI=1S/C16H12O2.C15H12ClNO.C13H12.C12H10O2.C10H9NO2.5C8H8/c1-11(17)18-14-8-9-16-13(10-14)7-6-12-4-2-3-5-15(12)16;1-2-17-13-6-4-3-5-11(13)15(18)12-9-10(16)7-8-14(12)17;1-11-7-9-13(10-8-11)12-5-3-2-4-6-12;1-9(13)14-12-7-6-10-4-2-3-5-11(10)8-12;1-2-11-9(12)7-5-3-4-6-8(7)10(11)13;5*1-2-8-6-4-3-5-7-8/h2-10H,1H3;3-9H,2H2,1H3;2-10H,1H3;2-8H,1H3;3-6H,2H2,1H3;5*2-7H,1H2. The summed E-state index contributed by atoms with van der Waals surface area (Å²) in [5.41, 5.74) is 12.7. The van der Waals surface area contributed by atoms with Crippen LogP contribution in [0.4, 0.5) is 0 Å². The van der Waals surface area contributed by atoms with Crippen LogP contribution in [0.2, 0.25) is 5.02 Å². The zero-order valence-electron chi connectivity index (χ0n) is 66.2. The molecule has 116 heavy (non-hydrogen) atoms. The summed E-state index contributed by atoms with van der Waals surface area (Å²) in [5, 5.41) is 8.91. The van der Waals surface area contributed by atoms with E-state index >= 15 is 0 Å². The number of hydrogen-bond acceptors (Lipinski definition) is 7. The van der Waals surface area contributed by atoms with E-state index in [1.54, 1.807) is 43.3 Å². The minimum atomic E-state index is -0.296. The van der Waals surface area contributed by atoms with E-state index in [2.05, 4.69) is 118 Å². The molecule has 16 aromatic rings. The van der Waals surface area contributed by atoms with Gasteiger partial charge in [-0.15, -0.1) is 0 Å². The van der Waals surface area contributed by atoms with Crippen LogP contribution in [0.5, 0.6) is 11.5 Å². The van der Waals surface area contributed by atoms with Crippen molar-refractivity contribution in [3.05, 3.63) is 463 Å². The molecule has 0 bridgehead atoms. The van der Waals surface area contributed by atoms with Crippen LogP contribution >= 0.6 is 11.6 Å². The molecule has 0 saturated carbocycles. The number of fused-ring (bicyclic) bond motifs is 7. The Bertz CT molecular complexity index is 5650. The number of pyridine rings is 1. The highest BCUT2D eigenvalue weighted by Gasteiger charge is 2.33. The van der Waals surface area contributed by atoms with E-state index in [4.69, 9.17) is 21.1 Å². The van der Waals surface area contributed by atoms with E-state index in [-0.39, 0.29) is 29.2 Å². The molecule has 0 unspecified atom stereocenters. The molecule has 1 aromatic heterocycles. The Balaban J connectivity index is 0.000000164. The minimum absolute atomic E-state index is 0.0489. The summed E-state index contributed by atoms with van der Waals surface area (Å²) >= 11 is 5.99. The highest BCUT2D eigenvalue weighted by Crippen LogP contribution is 2.30. The SMILES string of the molecule is C=Cc1ccccc1.C=Cc1ccccc1.C=Cc1ccccc1.C=Cc1ccccc1.C=Cc1ccccc1.CC(=O)Oc1ccc2c(ccc3ccccc32)c1.CC(=O)Oc1ccc2ccccc2c1.CCN1C(=O)c2ccccc2C1=O.CCn1c2ccccc2c(=O)c2cc(Cl)ccc21.Cc1ccc(-c2ccccc2)cc1. The van der Waals surface area contributed by atoms with Gasteiger partial charge in [0, 0.05) is 42.7 Å². The van der Waals surface area contributed by atoms with Crippen LogP contribution in [-0.4, -0.2) is 39.8 Å². The van der Waals surface area contributed by atoms with Crippen molar-refractivity contribution in [3.63, 3.8) is 0 Å². The smallest absolute Gasteiger partial charge is 0.308 e. The van der Waals surface area contributed by atoms with Crippen molar-refractivity contribution in [3.8, 4) is 22.6 Å². The Kier molecular flexibility index (Phi) is 35.4. The van der Waals surface area contributed by atoms with Crippen molar-refractivity contribution < 1.29 is 28.7 Å². The van der Waals surface area contributed by atoms with E-state index in [1.165, 1.54) is 79.4 Å². The van der Waals surface area contributed by atoms with E-state index in [0.717, 1.165) is 39.1 Å². The zero-order valence-corrected chi connectivity index (χ0v) is 66.9. The second-order valence-corrected chi connectivity index (χ2v) is 26.3. The van der Waals surface area contributed by atoms with Gasteiger partial charge in [0.05, 0.1) is 22.2 Å². The Morgan fingerprint density at radius 1 is 0.328 bits per heavy atom. The van der Waals surface area contributed by atoms with E-state index < -0.39 is 0 Å². The lowest BCUT2D eigenvalue weighted by Crippen LogP contribution is -2.29. The molecule has 0 atom stereocenters. The maximum Gasteiger partial charge on any atom is 0.308 e. The second kappa shape index (κ2) is 47.1. The summed E-state index contributed by atoms with van der Waals surface area (Å²) in [6.45, 7) is 28.2. The number of benzene rings is 15. The highest BCUT2D eigenvalue weighted by atomic mass is 35.5. The van der Waals surface area contributed by atoms with Crippen molar-refractivity contribution in [1.82, 2.24) is 9.47 Å². The molecular weight excluding hydrogens is 1450 g/mol. The summed E-state index contributed by atoms with van der Waals surface area (Å²) in [6.07, 6.45) is 9.17. The summed E-state index contributed by atoms with van der Waals surface area (Å²) in [6, 6.07) is 121. The summed E-state index contributed by atoms with van der Waals surface area (Å²) in [7, 11) is 0. The molecule has 0 radical (unpaired) electrons. The first kappa shape index (κ1) is 87.2. The van der Waals surface area contributed by atoms with Gasteiger partial charge in [-0.3, -0.25) is 28.9 Å². The Morgan fingerprint density at radius 3 is 1.10 bits per heavy atom. The normalized spacial score (nSPS) is 10.3. The van der Waals surface area contributed by atoms with Gasteiger partial charge >= 0.3 is 11.9 Å². The maximum atomic E-state index is 12.4. The predicted molar refractivity (Wildman–Crippen MR) is 491 cm³/mol. The Morgan fingerprint density at radius 2 is 0.672 bits per heavy atom. The number of aromatic nitrogens is 1. The number of nitrogens with zero attached hydrogens (tertiary/aromatic N) is 2. The summed E-state index contributed by atoms with van der Waals surface area (Å²) < 4.78 is 12.2. The van der Waals surface area contributed by atoms with Crippen molar-refractivity contribution in [2.45, 2.75) is 41.2 Å². The van der Waals surface area contributed by atoms with Gasteiger partial charge in [0.15, 0.2) is 5.43 Å². The van der Waals surface area contributed by atoms with E-state index in [1.807, 2.05) is 297 Å². The first-order chi connectivity index (χ1) is 56.5. The van der Waals surface area contributed by atoms with Gasteiger partial charge in [-0.05, 0) is 159 Å². The second-order valence-electron chi connectivity index (χ2n) is 25.8. The molecule has 9 nitrogen and oxygen atoms in total. The van der Waals surface area contributed by atoms with Gasteiger partial charge in [-0.2, -0.15) is 0 Å². The van der Waals surface area contributed by atoms with Crippen molar-refractivity contribution in [2.24, 2.45) is 0 Å². The fourth-order valence-corrected chi connectivity index (χ4v) is 12.1. The van der Waals surface area contributed by atoms with Crippen LogP contribution in [0, 0.1) is 6.92 Å². The third-order valence-corrected chi connectivity index (χ3v) is 18.0. The molecule has 0 fully saturated rings. The molecule has 1 aliphatic heterocycles. The number of imide groups is 1. The molecule has 2 heterocycles. The van der Waals surface area contributed by atoms with Crippen LogP contribution < -0.4 is 14.9 Å². The number of aryl methyl sites for hydroxylation is 2. The molecule has 0 spiro atoms. The Labute approximate surface area is 686 Å². The molecule has 0 aliphatic carbocycles. The number of para-hydroxylation sites is 1. The van der Waals surface area contributed by atoms with E-state index in [0.29, 0.717) is 39.6 Å². The quantitative estimate of drug-likeness (QED) is 0.0441. The number of ether oxygens (including phenoxy) is 2. The van der Waals surface area contributed by atoms with Crippen LogP contribution in [0.3, 0.4) is 0 Å². The van der Waals surface area contributed by atoms with Gasteiger partial charge in [0.25, 0.3) is 11.8 Å². The topological polar surface area (TPSA) is 112 Å². The van der Waals surface area contributed by atoms with Crippen LogP contribution in [0.25, 0.3) is 95.6 Å². The van der Waals surface area contributed by atoms with Crippen molar-refractivity contribution >= 4 is 120 Å². The third kappa shape index (κ3) is 26.9. The molecular formula is C106H95ClN2O7. The molecule has 1 aliphatic rings.